The number of rotatable bonds is 4. The van der Waals surface area contributed by atoms with E-state index in [1.54, 1.807) is 48.5 Å². The number of carbonyl (C=O) groups excluding carboxylic acids is 4. The van der Waals surface area contributed by atoms with Crippen LogP contribution in [0.1, 0.15) is 19.8 Å². The number of nitrogens with zero attached hydrogens (tertiary/aromatic N) is 3. The average molecular weight is 420 g/mol. The van der Waals surface area contributed by atoms with Gasteiger partial charge in [0.05, 0.1) is 17.1 Å². The van der Waals surface area contributed by atoms with Crippen LogP contribution in [-0.2, 0) is 23.9 Å². The van der Waals surface area contributed by atoms with E-state index in [2.05, 4.69) is 10.4 Å². The highest BCUT2D eigenvalue weighted by Gasteiger charge is 2.33. The molecule has 0 unspecified atom stereocenters. The van der Waals surface area contributed by atoms with Gasteiger partial charge in [-0.05, 0) is 31.2 Å². The van der Waals surface area contributed by atoms with Gasteiger partial charge in [-0.25, -0.2) is 9.80 Å². The molecule has 31 heavy (non-hydrogen) atoms. The summed E-state index contributed by atoms with van der Waals surface area (Å²) in [6.07, 6.45) is -0.918. The van der Waals surface area contributed by atoms with Crippen molar-refractivity contribution in [2.45, 2.75) is 25.9 Å². The number of nitrogens with one attached hydrogen (secondary N) is 1. The van der Waals surface area contributed by atoms with E-state index in [9.17, 15) is 19.2 Å². The first kappa shape index (κ1) is 20.3. The Morgan fingerprint density at radius 3 is 2.52 bits per heavy atom. The maximum absolute atomic E-state index is 12.9. The molecule has 0 saturated heterocycles. The Labute approximate surface area is 178 Å². The summed E-state index contributed by atoms with van der Waals surface area (Å²) in [5.74, 6) is -1.87. The SMILES string of the molecule is C[C@H](OC(=O)C1=NN(c2ccccc2)C(=O)CC1)C(=O)N1CC(=O)Nc2ccccc21. The molecule has 0 bridgehead atoms. The average Bonchev–Trinajstić information content (AvgIpc) is 2.78. The minimum absolute atomic E-state index is 0.0555. The molecule has 0 aromatic heterocycles. The van der Waals surface area contributed by atoms with E-state index in [0.717, 1.165) is 5.01 Å². The van der Waals surface area contributed by atoms with Crippen LogP contribution in [-0.4, -0.2) is 42.1 Å². The lowest BCUT2D eigenvalue weighted by atomic mass is 10.1. The van der Waals surface area contributed by atoms with Crippen LogP contribution >= 0.6 is 0 Å². The minimum atomic E-state index is -1.14. The van der Waals surface area contributed by atoms with Gasteiger partial charge in [0.1, 0.15) is 12.3 Å². The summed E-state index contributed by atoms with van der Waals surface area (Å²) in [7, 11) is 0. The van der Waals surface area contributed by atoms with Crippen LogP contribution in [0.4, 0.5) is 17.1 Å². The third-order valence-corrected chi connectivity index (χ3v) is 4.94. The molecule has 1 N–H and O–H groups in total. The van der Waals surface area contributed by atoms with Gasteiger partial charge in [0, 0.05) is 12.8 Å². The first-order chi connectivity index (χ1) is 14.9. The lowest BCUT2D eigenvalue weighted by Crippen LogP contribution is -2.47. The molecule has 0 saturated carbocycles. The zero-order valence-corrected chi connectivity index (χ0v) is 16.8. The third kappa shape index (κ3) is 4.16. The second-order valence-corrected chi connectivity index (χ2v) is 7.13. The van der Waals surface area contributed by atoms with Gasteiger partial charge in [0.2, 0.25) is 11.8 Å². The fraction of sp³-hybridized carbons (Fsp3) is 0.227. The molecule has 0 fully saturated rings. The topological polar surface area (TPSA) is 108 Å². The number of hydrogen-bond donors (Lipinski definition) is 1. The van der Waals surface area contributed by atoms with E-state index in [-0.39, 0.29) is 36.9 Å². The molecule has 3 amide bonds. The Hall–Kier alpha value is -4.01. The minimum Gasteiger partial charge on any atom is -0.448 e. The van der Waals surface area contributed by atoms with Gasteiger partial charge >= 0.3 is 5.97 Å². The predicted molar refractivity (Wildman–Crippen MR) is 114 cm³/mol. The zero-order chi connectivity index (χ0) is 22.0. The first-order valence-corrected chi connectivity index (χ1v) is 9.81. The molecule has 2 aromatic rings. The Morgan fingerprint density at radius 2 is 1.74 bits per heavy atom. The van der Waals surface area contributed by atoms with Gasteiger partial charge in [0.15, 0.2) is 6.10 Å². The molecular weight excluding hydrogens is 400 g/mol. The number of ether oxygens (including phenoxy) is 1. The van der Waals surface area contributed by atoms with Crippen molar-refractivity contribution in [1.29, 1.82) is 0 Å². The summed E-state index contributed by atoms with van der Waals surface area (Å²) in [5, 5.41) is 8.01. The Morgan fingerprint density at radius 1 is 1.03 bits per heavy atom. The van der Waals surface area contributed by atoms with Crippen LogP contribution < -0.4 is 15.2 Å². The molecule has 4 rings (SSSR count). The van der Waals surface area contributed by atoms with Crippen molar-refractivity contribution in [2.24, 2.45) is 5.10 Å². The van der Waals surface area contributed by atoms with Gasteiger partial charge < -0.3 is 10.1 Å². The highest BCUT2D eigenvalue weighted by Crippen LogP contribution is 2.29. The van der Waals surface area contributed by atoms with Gasteiger partial charge in [-0.1, -0.05) is 30.3 Å². The maximum Gasteiger partial charge on any atom is 0.355 e. The monoisotopic (exact) mass is 420 g/mol. The number of hydrogen-bond acceptors (Lipinski definition) is 6. The van der Waals surface area contributed by atoms with E-state index in [1.807, 2.05) is 6.07 Å². The second kappa shape index (κ2) is 8.39. The van der Waals surface area contributed by atoms with Crippen molar-refractivity contribution in [2.75, 3.05) is 21.8 Å². The van der Waals surface area contributed by atoms with Crippen molar-refractivity contribution in [3.63, 3.8) is 0 Å². The Bertz CT molecular complexity index is 1080. The van der Waals surface area contributed by atoms with E-state index < -0.39 is 18.0 Å². The normalized spacial score (nSPS) is 16.7. The molecule has 158 valence electrons. The fourth-order valence-electron chi connectivity index (χ4n) is 3.40. The van der Waals surface area contributed by atoms with Crippen LogP contribution in [0.25, 0.3) is 0 Å². The molecule has 2 aromatic carbocycles. The zero-order valence-electron chi connectivity index (χ0n) is 16.8. The fourth-order valence-corrected chi connectivity index (χ4v) is 3.40. The summed E-state index contributed by atoms with van der Waals surface area (Å²) in [4.78, 5) is 51.0. The number of anilines is 3. The van der Waals surface area contributed by atoms with Crippen molar-refractivity contribution >= 4 is 46.5 Å². The molecule has 0 radical (unpaired) electrons. The van der Waals surface area contributed by atoms with Crippen molar-refractivity contribution < 1.29 is 23.9 Å². The van der Waals surface area contributed by atoms with E-state index in [4.69, 9.17) is 4.74 Å². The number of benzene rings is 2. The molecular formula is C22H20N4O5. The molecule has 2 heterocycles. The quantitative estimate of drug-likeness (QED) is 0.762. The number of para-hydroxylation sites is 3. The van der Waals surface area contributed by atoms with Crippen LogP contribution in [0.2, 0.25) is 0 Å². The van der Waals surface area contributed by atoms with E-state index in [1.165, 1.54) is 11.8 Å². The lowest BCUT2D eigenvalue weighted by molar-refractivity contribution is -0.147. The lowest BCUT2D eigenvalue weighted by Gasteiger charge is -2.31. The standard InChI is InChI=1S/C22H20N4O5/c1-14(21(29)25-13-19(27)23-16-9-5-6-10-18(16)25)31-22(30)17-11-12-20(28)26(24-17)15-7-3-2-4-8-15/h2-10,14H,11-13H2,1H3,(H,23,27)/t14-/m0/s1. The molecule has 9 nitrogen and oxygen atoms in total. The van der Waals surface area contributed by atoms with Crippen LogP contribution in [0.15, 0.2) is 59.7 Å². The van der Waals surface area contributed by atoms with E-state index >= 15 is 0 Å². The predicted octanol–water partition coefficient (Wildman–Crippen LogP) is 2.09. The highest BCUT2D eigenvalue weighted by atomic mass is 16.5. The summed E-state index contributed by atoms with van der Waals surface area (Å²) >= 11 is 0. The van der Waals surface area contributed by atoms with Gasteiger partial charge in [-0.15, -0.1) is 0 Å². The molecule has 0 aliphatic carbocycles. The molecule has 0 spiro atoms. The summed E-state index contributed by atoms with van der Waals surface area (Å²) in [6.45, 7) is 1.27. The smallest absolute Gasteiger partial charge is 0.355 e. The van der Waals surface area contributed by atoms with Crippen LogP contribution in [0, 0.1) is 0 Å². The Kier molecular flexibility index (Phi) is 5.48. The first-order valence-electron chi connectivity index (χ1n) is 9.81. The summed E-state index contributed by atoms with van der Waals surface area (Å²) in [5.41, 5.74) is 1.64. The van der Waals surface area contributed by atoms with Gasteiger partial charge in [-0.2, -0.15) is 5.10 Å². The van der Waals surface area contributed by atoms with Crippen LogP contribution in [0.5, 0.6) is 0 Å². The Balaban J connectivity index is 1.49. The van der Waals surface area contributed by atoms with Crippen LogP contribution in [0.3, 0.4) is 0 Å². The second-order valence-electron chi connectivity index (χ2n) is 7.13. The highest BCUT2D eigenvalue weighted by molar-refractivity contribution is 6.38. The molecule has 9 heteroatoms. The number of carbonyl (C=O) groups is 4. The number of amides is 3. The van der Waals surface area contributed by atoms with Gasteiger partial charge in [-0.3, -0.25) is 19.3 Å². The van der Waals surface area contributed by atoms with Gasteiger partial charge in [0.25, 0.3) is 5.91 Å². The number of fused-ring (bicyclic) bond motifs is 1. The number of hydrazone groups is 1. The number of esters is 1. The largest absolute Gasteiger partial charge is 0.448 e. The third-order valence-electron chi connectivity index (χ3n) is 4.94. The molecule has 2 aliphatic rings. The molecule has 2 aliphatic heterocycles. The summed E-state index contributed by atoms with van der Waals surface area (Å²) < 4.78 is 5.34. The maximum atomic E-state index is 12.9. The van der Waals surface area contributed by atoms with Crippen molar-refractivity contribution in [1.82, 2.24) is 0 Å². The van der Waals surface area contributed by atoms with Crippen molar-refractivity contribution in [3.8, 4) is 0 Å². The van der Waals surface area contributed by atoms with Crippen molar-refractivity contribution in [3.05, 3.63) is 54.6 Å². The van der Waals surface area contributed by atoms with E-state index in [0.29, 0.717) is 17.1 Å². The summed E-state index contributed by atoms with van der Waals surface area (Å²) in [6, 6.07) is 15.6. The molecule has 1 atom stereocenters.